The van der Waals surface area contributed by atoms with E-state index in [1.165, 1.54) is 18.2 Å². The predicted octanol–water partition coefficient (Wildman–Crippen LogP) is 3.02. The van der Waals surface area contributed by atoms with Crippen molar-refractivity contribution >= 4 is 17.8 Å². The molecule has 2 atom stereocenters. The number of carbonyl (C=O) groups is 2. The first-order valence-corrected chi connectivity index (χ1v) is 9.65. The summed E-state index contributed by atoms with van der Waals surface area (Å²) in [5.74, 6) is -0.242. The SMILES string of the molecule is Cc1ccnc(N2CC[C@]3(CCC[C@H](NC(=O)c4cccc(F)c4)C3)C2=O)n1. The lowest BCUT2D eigenvalue weighted by molar-refractivity contribution is -0.127. The summed E-state index contributed by atoms with van der Waals surface area (Å²) in [6.07, 6.45) is 5.48. The molecule has 2 aromatic rings. The number of hydrogen-bond acceptors (Lipinski definition) is 4. The van der Waals surface area contributed by atoms with Crippen molar-refractivity contribution in [1.82, 2.24) is 15.3 Å². The quantitative estimate of drug-likeness (QED) is 0.885. The van der Waals surface area contributed by atoms with Gasteiger partial charge in [0, 0.05) is 30.0 Å². The van der Waals surface area contributed by atoms with Gasteiger partial charge in [0.25, 0.3) is 5.91 Å². The second-order valence-electron chi connectivity index (χ2n) is 7.76. The van der Waals surface area contributed by atoms with Crippen LogP contribution in [-0.2, 0) is 4.79 Å². The van der Waals surface area contributed by atoms with E-state index in [1.807, 2.05) is 6.92 Å². The van der Waals surface area contributed by atoms with E-state index in [4.69, 9.17) is 0 Å². The minimum Gasteiger partial charge on any atom is -0.349 e. The van der Waals surface area contributed by atoms with Gasteiger partial charge in [0.15, 0.2) is 0 Å². The van der Waals surface area contributed by atoms with Gasteiger partial charge in [-0.2, -0.15) is 0 Å². The summed E-state index contributed by atoms with van der Waals surface area (Å²) in [4.78, 5) is 36.0. The predicted molar refractivity (Wildman–Crippen MR) is 102 cm³/mol. The fraction of sp³-hybridized carbons (Fsp3) is 0.429. The lowest BCUT2D eigenvalue weighted by Crippen LogP contribution is -2.46. The Labute approximate surface area is 163 Å². The first-order chi connectivity index (χ1) is 13.5. The Morgan fingerprint density at radius 1 is 1.32 bits per heavy atom. The van der Waals surface area contributed by atoms with Crippen molar-refractivity contribution in [2.75, 3.05) is 11.4 Å². The Morgan fingerprint density at radius 2 is 2.18 bits per heavy atom. The number of hydrogen-bond donors (Lipinski definition) is 1. The third-order valence-electron chi connectivity index (χ3n) is 5.80. The molecule has 2 heterocycles. The normalized spacial score (nSPS) is 24.6. The van der Waals surface area contributed by atoms with Crippen molar-refractivity contribution in [2.45, 2.75) is 45.1 Å². The molecule has 7 heteroatoms. The van der Waals surface area contributed by atoms with Crippen LogP contribution < -0.4 is 10.2 Å². The van der Waals surface area contributed by atoms with E-state index in [1.54, 1.807) is 23.2 Å². The molecule has 6 nitrogen and oxygen atoms in total. The van der Waals surface area contributed by atoms with E-state index in [0.29, 0.717) is 24.5 Å². The van der Waals surface area contributed by atoms with Crippen molar-refractivity contribution in [1.29, 1.82) is 0 Å². The van der Waals surface area contributed by atoms with Crippen molar-refractivity contribution in [3.05, 3.63) is 53.6 Å². The van der Waals surface area contributed by atoms with Gasteiger partial charge in [-0.15, -0.1) is 0 Å². The highest BCUT2D eigenvalue weighted by Gasteiger charge is 2.50. The number of halogens is 1. The van der Waals surface area contributed by atoms with Crippen molar-refractivity contribution in [3.8, 4) is 0 Å². The number of nitrogens with one attached hydrogen (secondary N) is 1. The first-order valence-electron chi connectivity index (χ1n) is 9.65. The van der Waals surface area contributed by atoms with Crippen LogP contribution in [0.15, 0.2) is 36.5 Å². The molecular weight excluding hydrogens is 359 g/mol. The van der Waals surface area contributed by atoms with E-state index in [2.05, 4.69) is 15.3 Å². The van der Waals surface area contributed by atoms with Crippen molar-refractivity contribution < 1.29 is 14.0 Å². The van der Waals surface area contributed by atoms with Gasteiger partial charge < -0.3 is 5.32 Å². The Hall–Kier alpha value is -2.83. The maximum Gasteiger partial charge on any atom is 0.251 e. The molecule has 1 saturated carbocycles. The number of anilines is 1. The molecule has 2 amide bonds. The van der Waals surface area contributed by atoms with Crippen LogP contribution >= 0.6 is 0 Å². The standard InChI is InChI=1S/C21H23FN4O2/c1-14-7-10-23-20(24-14)26-11-9-21(19(26)28)8-3-6-17(13-21)25-18(27)15-4-2-5-16(22)12-15/h2,4-5,7,10,12,17H,3,6,8-9,11,13H2,1H3,(H,25,27)/t17-,21-/m0/s1. The smallest absolute Gasteiger partial charge is 0.251 e. The van der Waals surface area contributed by atoms with E-state index < -0.39 is 11.2 Å². The number of carbonyl (C=O) groups excluding carboxylic acids is 2. The molecule has 4 rings (SSSR count). The number of aromatic nitrogens is 2. The van der Waals surface area contributed by atoms with Gasteiger partial charge in [0.2, 0.25) is 11.9 Å². The Morgan fingerprint density at radius 3 is 2.96 bits per heavy atom. The molecule has 2 fully saturated rings. The number of benzene rings is 1. The van der Waals surface area contributed by atoms with E-state index in [0.717, 1.165) is 31.4 Å². The van der Waals surface area contributed by atoms with Crippen molar-refractivity contribution in [2.24, 2.45) is 5.41 Å². The second-order valence-corrected chi connectivity index (χ2v) is 7.76. The van der Waals surface area contributed by atoms with Crippen molar-refractivity contribution in [3.63, 3.8) is 0 Å². The van der Waals surface area contributed by atoms with Crippen LogP contribution in [-0.4, -0.2) is 34.4 Å². The maximum atomic E-state index is 13.4. The van der Waals surface area contributed by atoms with Crippen LogP contribution in [0, 0.1) is 18.2 Å². The van der Waals surface area contributed by atoms with E-state index in [9.17, 15) is 14.0 Å². The first kappa shape index (κ1) is 18.5. The van der Waals surface area contributed by atoms with Gasteiger partial charge in [-0.25, -0.2) is 14.4 Å². The molecule has 0 radical (unpaired) electrons. The highest BCUT2D eigenvalue weighted by Crippen LogP contribution is 2.45. The lowest BCUT2D eigenvalue weighted by Gasteiger charge is -2.36. The Kier molecular flexibility index (Phi) is 4.83. The Bertz CT molecular complexity index is 919. The molecule has 1 aromatic carbocycles. The molecule has 28 heavy (non-hydrogen) atoms. The molecule has 1 N–H and O–H groups in total. The molecule has 0 unspecified atom stereocenters. The summed E-state index contributed by atoms with van der Waals surface area (Å²) in [7, 11) is 0. The zero-order valence-corrected chi connectivity index (χ0v) is 15.8. The number of nitrogens with zero attached hydrogens (tertiary/aromatic N) is 3. The summed E-state index contributed by atoms with van der Waals surface area (Å²) in [5.41, 5.74) is 0.639. The van der Waals surface area contributed by atoms with Crippen LogP contribution in [0.1, 0.15) is 48.2 Å². The molecule has 0 bridgehead atoms. The summed E-state index contributed by atoms with van der Waals surface area (Å²) in [5, 5.41) is 2.99. The second kappa shape index (κ2) is 7.30. The third kappa shape index (κ3) is 3.48. The summed E-state index contributed by atoms with van der Waals surface area (Å²) in [6.45, 7) is 2.47. The fourth-order valence-corrected chi connectivity index (χ4v) is 4.38. The molecule has 2 aliphatic rings. The van der Waals surface area contributed by atoms with Gasteiger partial charge in [-0.05, 0) is 56.9 Å². The van der Waals surface area contributed by atoms with Gasteiger partial charge in [0.05, 0.1) is 5.41 Å². The van der Waals surface area contributed by atoms with Gasteiger partial charge in [-0.1, -0.05) is 12.5 Å². The van der Waals surface area contributed by atoms with Crippen LogP contribution in [0.3, 0.4) is 0 Å². The summed E-state index contributed by atoms with van der Waals surface area (Å²) >= 11 is 0. The lowest BCUT2D eigenvalue weighted by atomic mass is 9.71. The highest BCUT2D eigenvalue weighted by atomic mass is 19.1. The zero-order valence-electron chi connectivity index (χ0n) is 15.8. The molecule has 1 aliphatic heterocycles. The Balaban J connectivity index is 1.47. The number of rotatable bonds is 3. The van der Waals surface area contributed by atoms with Crippen LogP contribution in [0.25, 0.3) is 0 Å². The molecule has 1 spiro atoms. The van der Waals surface area contributed by atoms with Gasteiger partial charge >= 0.3 is 0 Å². The molecule has 146 valence electrons. The minimum atomic E-state index is -0.481. The molecule has 1 saturated heterocycles. The fourth-order valence-electron chi connectivity index (χ4n) is 4.38. The van der Waals surface area contributed by atoms with Crippen LogP contribution in [0.5, 0.6) is 0 Å². The number of amides is 2. The van der Waals surface area contributed by atoms with Gasteiger partial charge in [-0.3, -0.25) is 14.5 Å². The number of aryl methyl sites for hydroxylation is 1. The highest BCUT2D eigenvalue weighted by molar-refractivity contribution is 5.99. The van der Waals surface area contributed by atoms with Crippen LogP contribution in [0.2, 0.25) is 0 Å². The maximum absolute atomic E-state index is 13.4. The largest absolute Gasteiger partial charge is 0.349 e. The van der Waals surface area contributed by atoms with Crippen LogP contribution in [0.4, 0.5) is 10.3 Å². The van der Waals surface area contributed by atoms with E-state index in [-0.39, 0.29) is 17.9 Å². The third-order valence-corrected chi connectivity index (χ3v) is 5.80. The van der Waals surface area contributed by atoms with Gasteiger partial charge in [0.1, 0.15) is 5.82 Å². The average molecular weight is 382 g/mol. The monoisotopic (exact) mass is 382 g/mol. The zero-order chi connectivity index (χ0) is 19.7. The summed E-state index contributed by atoms with van der Waals surface area (Å²) in [6, 6.07) is 7.35. The summed E-state index contributed by atoms with van der Waals surface area (Å²) < 4.78 is 13.4. The molecule has 1 aromatic heterocycles. The molecule has 1 aliphatic carbocycles. The molecular formula is C21H23FN4O2. The topological polar surface area (TPSA) is 75.2 Å². The minimum absolute atomic E-state index is 0.0443. The van der Waals surface area contributed by atoms with E-state index >= 15 is 0 Å². The average Bonchev–Trinajstić information content (AvgIpc) is 2.97.